The molecule has 30 heavy (non-hydrogen) atoms. The maximum atomic E-state index is 12.9. The van der Waals surface area contributed by atoms with E-state index in [-0.39, 0.29) is 18.0 Å². The van der Waals surface area contributed by atoms with E-state index in [0.717, 1.165) is 16.5 Å². The van der Waals surface area contributed by atoms with Crippen LogP contribution in [0.4, 0.5) is 5.69 Å². The van der Waals surface area contributed by atoms with Gasteiger partial charge in [0.1, 0.15) is 18.0 Å². The van der Waals surface area contributed by atoms with Gasteiger partial charge in [-0.1, -0.05) is 30.3 Å². The zero-order chi connectivity index (χ0) is 21.4. The summed E-state index contributed by atoms with van der Waals surface area (Å²) in [6, 6.07) is 11.9. The summed E-state index contributed by atoms with van der Waals surface area (Å²) in [5, 5.41) is 12.6. The van der Waals surface area contributed by atoms with Crippen LogP contribution in [-0.4, -0.2) is 45.7 Å². The van der Waals surface area contributed by atoms with Crippen LogP contribution in [0.3, 0.4) is 0 Å². The first kappa shape index (κ1) is 19.9. The summed E-state index contributed by atoms with van der Waals surface area (Å²) in [5.74, 6) is -1.49. The van der Waals surface area contributed by atoms with Crippen molar-refractivity contribution in [3.63, 3.8) is 0 Å². The van der Waals surface area contributed by atoms with Gasteiger partial charge in [-0.3, -0.25) is 14.9 Å². The van der Waals surface area contributed by atoms with Crippen molar-refractivity contribution >= 4 is 40.1 Å². The van der Waals surface area contributed by atoms with Crippen LogP contribution in [-0.2, 0) is 20.7 Å². The summed E-state index contributed by atoms with van der Waals surface area (Å²) in [7, 11) is 1.25. The molecule has 0 unspecified atom stereocenters. The van der Waals surface area contributed by atoms with Crippen LogP contribution in [0.5, 0.6) is 0 Å². The predicted octanol–water partition coefficient (Wildman–Crippen LogP) is 3.33. The third-order valence-corrected chi connectivity index (χ3v) is 5.66. The third kappa shape index (κ3) is 3.09. The second-order valence-corrected chi connectivity index (χ2v) is 7.23. The minimum absolute atomic E-state index is 0.148. The first-order valence-electron chi connectivity index (χ1n) is 9.25. The topological polar surface area (TPSA) is 106 Å². The Balaban J connectivity index is 2.04. The fraction of sp³-hybridized carbons (Fsp3) is 0.238. The Labute approximate surface area is 176 Å². The number of nitro benzene ring substituents is 1. The lowest BCUT2D eigenvalue weighted by Crippen LogP contribution is -2.52. The van der Waals surface area contributed by atoms with Gasteiger partial charge >= 0.3 is 5.97 Å². The third-order valence-electron chi connectivity index (χ3n) is 5.44. The van der Waals surface area contributed by atoms with Crippen molar-refractivity contribution in [3.05, 3.63) is 75.5 Å². The average Bonchev–Trinajstić information content (AvgIpc) is 3.15. The van der Waals surface area contributed by atoms with Gasteiger partial charge in [0.05, 0.1) is 17.6 Å². The quantitative estimate of drug-likeness (QED) is 0.297. The van der Waals surface area contributed by atoms with Gasteiger partial charge < -0.3 is 14.6 Å². The van der Waals surface area contributed by atoms with E-state index in [2.05, 4.69) is 4.98 Å². The summed E-state index contributed by atoms with van der Waals surface area (Å²) >= 11 is 5.87. The smallest absolute Gasteiger partial charge is 0.328 e. The van der Waals surface area contributed by atoms with E-state index < -0.39 is 28.9 Å². The molecule has 4 rings (SSSR count). The van der Waals surface area contributed by atoms with Gasteiger partial charge in [0.2, 0.25) is 5.91 Å². The number of fused-ring (bicyclic) bond motifs is 3. The lowest BCUT2D eigenvalue weighted by atomic mass is 9.87. The number of benzene rings is 2. The number of aromatic nitrogens is 1. The second-order valence-electron chi connectivity index (χ2n) is 6.96. The molecule has 0 saturated carbocycles. The summed E-state index contributed by atoms with van der Waals surface area (Å²) in [6.45, 7) is 0. The van der Waals surface area contributed by atoms with E-state index >= 15 is 0 Å². The van der Waals surface area contributed by atoms with Crippen LogP contribution in [0, 0.1) is 10.1 Å². The molecule has 0 aliphatic carbocycles. The molecule has 2 heterocycles. The number of carbonyl (C=O) groups is 2. The Morgan fingerprint density at radius 2 is 1.93 bits per heavy atom. The number of hydrogen-bond acceptors (Lipinski definition) is 5. The van der Waals surface area contributed by atoms with Crippen molar-refractivity contribution < 1.29 is 19.2 Å². The number of carbonyl (C=O) groups excluding carboxylic acids is 2. The zero-order valence-corrected chi connectivity index (χ0v) is 16.8. The summed E-state index contributed by atoms with van der Waals surface area (Å²) in [4.78, 5) is 41.4. The summed E-state index contributed by atoms with van der Waals surface area (Å²) < 4.78 is 4.96. The molecule has 8 nitrogen and oxygen atoms in total. The number of methoxy groups -OCH3 is 1. The molecule has 2 atom stereocenters. The number of ether oxygens (including phenoxy) is 1. The number of amides is 1. The number of hydrogen-bond donors (Lipinski definition) is 1. The molecule has 3 aromatic rings. The van der Waals surface area contributed by atoms with Crippen molar-refractivity contribution in [2.75, 3.05) is 13.0 Å². The Kier molecular flexibility index (Phi) is 5.17. The van der Waals surface area contributed by atoms with Gasteiger partial charge in [-0.25, -0.2) is 4.79 Å². The van der Waals surface area contributed by atoms with Gasteiger partial charge in [0, 0.05) is 29.1 Å². The number of alkyl halides is 1. The average molecular weight is 428 g/mol. The number of nitrogens with one attached hydrogen (secondary N) is 1. The van der Waals surface area contributed by atoms with E-state index in [9.17, 15) is 19.7 Å². The highest BCUT2D eigenvalue weighted by molar-refractivity contribution is 6.27. The SMILES string of the molecule is COC(=O)[C@H]1Cc2c([nH]c3ccccc23)[C@@H](c2ccccc2[N+](=O)[O-])N1C(=O)CCl. The lowest BCUT2D eigenvalue weighted by molar-refractivity contribution is -0.385. The molecular weight excluding hydrogens is 410 g/mol. The predicted molar refractivity (Wildman–Crippen MR) is 110 cm³/mol. The monoisotopic (exact) mass is 427 g/mol. The molecule has 1 aliphatic heterocycles. The molecule has 0 saturated heterocycles. The molecule has 0 fully saturated rings. The minimum Gasteiger partial charge on any atom is -0.467 e. The Morgan fingerprint density at radius 1 is 1.23 bits per heavy atom. The van der Waals surface area contributed by atoms with Gasteiger partial charge in [-0.05, 0) is 17.7 Å². The van der Waals surface area contributed by atoms with E-state index in [1.54, 1.807) is 18.2 Å². The van der Waals surface area contributed by atoms with Crippen LogP contribution in [0.2, 0.25) is 0 Å². The molecule has 0 spiro atoms. The molecule has 1 aromatic heterocycles. The summed E-state index contributed by atoms with van der Waals surface area (Å²) in [6.07, 6.45) is 0.214. The first-order valence-corrected chi connectivity index (χ1v) is 9.79. The number of nitro groups is 1. The number of rotatable bonds is 4. The van der Waals surface area contributed by atoms with Crippen molar-refractivity contribution in [2.24, 2.45) is 0 Å². The lowest BCUT2D eigenvalue weighted by Gasteiger charge is -2.40. The first-order chi connectivity index (χ1) is 14.5. The number of H-pyrrole nitrogens is 1. The highest BCUT2D eigenvalue weighted by Crippen LogP contribution is 2.43. The van der Waals surface area contributed by atoms with E-state index in [0.29, 0.717) is 11.3 Å². The van der Waals surface area contributed by atoms with Crippen molar-refractivity contribution in [1.82, 2.24) is 9.88 Å². The molecule has 2 aromatic carbocycles. The Bertz CT molecular complexity index is 1160. The van der Waals surface area contributed by atoms with Crippen LogP contribution < -0.4 is 0 Å². The van der Waals surface area contributed by atoms with Crippen molar-refractivity contribution in [1.29, 1.82) is 0 Å². The maximum absolute atomic E-state index is 12.9. The van der Waals surface area contributed by atoms with Crippen LogP contribution >= 0.6 is 11.6 Å². The molecule has 1 amide bonds. The molecule has 154 valence electrons. The normalized spacial score (nSPS) is 18.1. The van der Waals surface area contributed by atoms with Crippen LogP contribution in [0.15, 0.2) is 48.5 Å². The Hall–Kier alpha value is -3.39. The van der Waals surface area contributed by atoms with Crippen molar-refractivity contribution in [3.8, 4) is 0 Å². The maximum Gasteiger partial charge on any atom is 0.328 e. The molecule has 9 heteroatoms. The van der Waals surface area contributed by atoms with Gasteiger partial charge in [0.15, 0.2) is 0 Å². The van der Waals surface area contributed by atoms with Gasteiger partial charge in [-0.15, -0.1) is 11.6 Å². The van der Waals surface area contributed by atoms with E-state index in [1.807, 2.05) is 24.3 Å². The number of nitrogens with zero attached hydrogens (tertiary/aromatic N) is 2. The molecule has 1 aliphatic rings. The number of para-hydroxylation sites is 2. The minimum atomic E-state index is -0.960. The molecule has 0 radical (unpaired) electrons. The van der Waals surface area contributed by atoms with E-state index in [4.69, 9.17) is 16.3 Å². The molecule has 0 bridgehead atoms. The van der Waals surface area contributed by atoms with E-state index in [1.165, 1.54) is 18.1 Å². The summed E-state index contributed by atoms with van der Waals surface area (Å²) in [5.41, 5.74) is 2.41. The van der Waals surface area contributed by atoms with Crippen LogP contribution in [0.25, 0.3) is 10.9 Å². The number of esters is 1. The molecular formula is C21H18ClN3O5. The van der Waals surface area contributed by atoms with Crippen molar-refractivity contribution in [2.45, 2.75) is 18.5 Å². The fourth-order valence-electron chi connectivity index (χ4n) is 4.20. The van der Waals surface area contributed by atoms with Crippen LogP contribution in [0.1, 0.15) is 22.9 Å². The highest BCUT2D eigenvalue weighted by atomic mass is 35.5. The zero-order valence-electron chi connectivity index (χ0n) is 16.0. The molecule has 1 N–H and O–H groups in total. The van der Waals surface area contributed by atoms with Gasteiger partial charge in [0.25, 0.3) is 5.69 Å². The number of aromatic amines is 1. The largest absolute Gasteiger partial charge is 0.467 e. The highest BCUT2D eigenvalue weighted by Gasteiger charge is 2.45. The number of halogens is 1. The standard InChI is InChI=1S/C21H18ClN3O5/c1-30-21(27)17-10-14-12-6-2-4-8-15(12)23-19(14)20(24(17)18(26)11-22)13-7-3-5-9-16(13)25(28)29/h2-9,17,20,23H,10-11H2,1H3/t17-,20-/m1/s1. The van der Waals surface area contributed by atoms with Gasteiger partial charge in [-0.2, -0.15) is 0 Å². The second kappa shape index (κ2) is 7.79. The Morgan fingerprint density at radius 3 is 2.63 bits per heavy atom. The fourth-order valence-corrected chi connectivity index (χ4v) is 4.33.